The van der Waals surface area contributed by atoms with Crippen molar-refractivity contribution >= 4 is 27.2 Å². The highest BCUT2D eigenvalue weighted by Crippen LogP contribution is 2.36. The van der Waals surface area contributed by atoms with E-state index in [0.29, 0.717) is 42.8 Å². The van der Waals surface area contributed by atoms with Gasteiger partial charge in [0, 0.05) is 46.4 Å². The molecule has 0 amide bonds. The van der Waals surface area contributed by atoms with E-state index in [2.05, 4.69) is 5.32 Å². The van der Waals surface area contributed by atoms with E-state index in [1.807, 2.05) is 31.2 Å². The SMILES string of the molecule is CCOC(O)CCCn1c(O)c2ccc3c4c(ccc(c1=O)c24)NC1CCCCC1N=3. The van der Waals surface area contributed by atoms with Gasteiger partial charge < -0.3 is 20.3 Å². The van der Waals surface area contributed by atoms with Crippen LogP contribution < -0.4 is 16.2 Å². The van der Waals surface area contributed by atoms with Crippen LogP contribution in [0.15, 0.2) is 34.1 Å². The van der Waals surface area contributed by atoms with E-state index in [1.54, 1.807) is 0 Å². The smallest absolute Gasteiger partial charge is 0.261 e. The van der Waals surface area contributed by atoms with E-state index < -0.39 is 6.29 Å². The number of hydrogen-bond acceptors (Lipinski definition) is 6. The van der Waals surface area contributed by atoms with Crippen LogP contribution in [0.25, 0.3) is 21.5 Å². The molecule has 0 bridgehead atoms. The van der Waals surface area contributed by atoms with Crippen molar-refractivity contribution in [3.05, 3.63) is 40.0 Å². The minimum atomic E-state index is -0.856. The number of nitrogens with one attached hydrogen (secondary N) is 1. The highest BCUT2D eigenvalue weighted by molar-refractivity contribution is 6.15. The van der Waals surface area contributed by atoms with Crippen LogP contribution in [0, 0.1) is 0 Å². The Morgan fingerprint density at radius 2 is 2.00 bits per heavy atom. The molecule has 1 aromatic heterocycles. The van der Waals surface area contributed by atoms with Gasteiger partial charge in [-0.15, -0.1) is 0 Å². The van der Waals surface area contributed by atoms with E-state index in [1.165, 1.54) is 17.4 Å². The third-order valence-corrected chi connectivity index (χ3v) is 6.68. The Morgan fingerprint density at radius 3 is 2.84 bits per heavy atom. The van der Waals surface area contributed by atoms with Gasteiger partial charge in [0.15, 0.2) is 6.29 Å². The number of rotatable bonds is 6. The highest BCUT2D eigenvalue weighted by atomic mass is 16.6. The molecule has 2 aliphatic rings. The van der Waals surface area contributed by atoms with Crippen LogP contribution in [0.2, 0.25) is 0 Å². The fraction of sp³-hybridized carbons (Fsp3) is 0.500. The van der Waals surface area contributed by atoms with Crippen molar-refractivity contribution < 1.29 is 14.9 Å². The Labute approximate surface area is 180 Å². The first-order valence-corrected chi connectivity index (χ1v) is 11.3. The highest BCUT2D eigenvalue weighted by Gasteiger charge is 2.28. The summed E-state index contributed by atoms with van der Waals surface area (Å²) in [6.07, 6.45) is 4.62. The number of nitrogens with zero attached hydrogens (tertiary/aromatic N) is 2. The number of aliphatic hydroxyl groups excluding tert-OH is 1. The molecule has 164 valence electrons. The Bertz CT molecular complexity index is 1240. The van der Waals surface area contributed by atoms with Crippen molar-refractivity contribution in [2.75, 3.05) is 11.9 Å². The summed E-state index contributed by atoms with van der Waals surface area (Å²) < 4.78 is 6.55. The molecule has 3 atom stereocenters. The Hall–Kier alpha value is -2.64. The summed E-state index contributed by atoms with van der Waals surface area (Å²) in [5, 5.41) is 28.3. The Kier molecular flexibility index (Phi) is 5.32. The normalized spacial score (nSPS) is 21.4. The predicted octanol–water partition coefficient (Wildman–Crippen LogP) is 3.07. The zero-order valence-electron chi connectivity index (χ0n) is 17.8. The lowest BCUT2D eigenvalue weighted by Gasteiger charge is -2.29. The Balaban J connectivity index is 1.62. The number of benzene rings is 2. The van der Waals surface area contributed by atoms with Crippen molar-refractivity contribution in [3.8, 4) is 5.88 Å². The third kappa shape index (κ3) is 3.46. The van der Waals surface area contributed by atoms with Gasteiger partial charge in [-0.2, -0.15) is 0 Å². The van der Waals surface area contributed by atoms with Crippen LogP contribution >= 0.6 is 0 Å². The van der Waals surface area contributed by atoms with Gasteiger partial charge in [0.1, 0.15) is 0 Å². The van der Waals surface area contributed by atoms with Gasteiger partial charge in [-0.05, 0) is 56.9 Å². The molecule has 2 aromatic carbocycles. The molecular formula is C24H29N3O4. The van der Waals surface area contributed by atoms with Crippen LogP contribution in [0.5, 0.6) is 5.88 Å². The molecule has 1 aliphatic carbocycles. The first-order chi connectivity index (χ1) is 15.1. The van der Waals surface area contributed by atoms with Crippen LogP contribution in [-0.4, -0.2) is 39.8 Å². The summed E-state index contributed by atoms with van der Waals surface area (Å²) in [5.41, 5.74) is 0.767. The van der Waals surface area contributed by atoms with E-state index >= 15 is 0 Å². The molecule has 7 heteroatoms. The summed E-state index contributed by atoms with van der Waals surface area (Å²) in [7, 11) is 0. The predicted molar refractivity (Wildman–Crippen MR) is 121 cm³/mol. The van der Waals surface area contributed by atoms with E-state index in [0.717, 1.165) is 34.7 Å². The van der Waals surface area contributed by atoms with Crippen molar-refractivity contribution in [2.24, 2.45) is 4.99 Å². The second-order valence-electron chi connectivity index (χ2n) is 8.61. The molecule has 31 heavy (non-hydrogen) atoms. The molecule has 0 radical (unpaired) electrons. The minimum absolute atomic E-state index is 0.0336. The average molecular weight is 424 g/mol. The minimum Gasteiger partial charge on any atom is -0.494 e. The monoisotopic (exact) mass is 423 g/mol. The molecule has 1 aliphatic heterocycles. The maximum Gasteiger partial charge on any atom is 0.261 e. The van der Waals surface area contributed by atoms with E-state index in [-0.39, 0.29) is 17.5 Å². The lowest BCUT2D eigenvalue weighted by Crippen LogP contribution is -2.35. The number of aromatic nitrogens is 1. The van der Waals surface area contributed by atoms with Crippen LogP contribution in [0.3, 0.4) is 0 Å². The van der Waals surface area contributed by atoms with Crippen molar-refractivity contribution in [1.29, 1.82) is 0 Å². The third-order valence-electron chi connectivity index (χ3n) is 6.68. The first-order valence-electron chi connectivity index (χ1n) is 11.3. The average Bonchev–Trinajstić information content (AvgIpc) is 2.93. The molecule has 5 rings (SSSR count). The second kappa shape index (κ2) is 8.13. The van der Waals surface area contributed by atoms with Crippen molar-refractivity contribution in [1.82, 2.24) is 4.57 Å². The maximum absolute atomic E-state index is 13.3. The second-order valence-corrected chi connectivity index (χ2v) is 8.61. The molecule has 0 saturated heterocycles. The van der Waals surface area contributed by atoms with Gasteiger partial charge >= 0.3 is 0 Å². The molecule has 3 N–H and O–H groups in total. The van der Waals surface area contributed by atoms with Crippen LogP contribution in [-0.2, 0) is 11.3 Å². The number of anilines is 1. The quantitative estimate of drug-likeness (QED) is 0.530. The van der Waals surface area contributed by atoms with Crippen LogP contribution in [0.4, 0.5) is 5.69 Å². The zero-order chi connectivity index (χ0) is 21.5. The lowest BCUT2D eigenvalue weighted by atomic mass is 9.91. The topological polar surface area (TPSA) is 96.1 Å². The molecule has 3 unspecified atom stereocenters. The molecule has 3 aromatic rings. The summed E-state index contributed by atoms with van der Waals surface area (Å²) in [5.74, 6) is -0.0336. The summed E-state index contributed by atoms with van der Waals surface area (Å²) in [6.45, 7) is 2.57. The number of ether oxygens (including phenoxy) is 1. The van der Waals surface area contributed by atoms with E-state index in [4.69, 9.17) is 9.73 Å². The molecule has 1 saturated carbocycles. The largest absolute Gasteiger partial charge is 0.494 e. The standard InChI is InChI=1S/C24H29N3O4/c1-2-31-20(28)8-5-13-27-23(29)14-9-11-18-22-19(12-10-15(21(14)22)24(27)30)26-17-7-4-3-6-16(17)25-18/h9-12,16-17,20,25,28,30H,2-8,13H2,1H3. The number of hydrogen-bond donors (Lipinski definition) is 3. The summed E-state index contributed by atoms with van der Waals surface area (Å²) in [6, 6.07) is 8.23. The maximum atomic E-state index is 13.3. The fourth-order valence-electron chi connectivity index (χ4n) is 5.18. The van der Waals surface area contributed by atoms with Gasteiger partial charge in [0.25, 0.3) is 5.56 Å². The van der Waals surface area contributed by atoms with Gasteiger partial charge in [0.05, 0.1) is 11.4 Å². The Morgan fingerprint density at radius 1 is 1.19 bits per heavy atom. The van der Waals surface area contributed by atoms with Gasteiger partial charge in [-0.3, -0.25) is 14.4 Å². The van der Waals surface area contributed by atoms with E-state index in [9.17, 15) is 15.0 Å². The molecule has 0 spiro atoms. The summed E-state index contributed by atoms with van der Waals surface area (Å²) in [4.78, 5) is 18.3. The van der Waals surface area contributed by atoms with Crippen molar-refractivity contribution in [3.63, 3.8) is 0 Å². The van der Waals surface area contributed by atoms with Gasteiger partial charge in [-0.25, -0.2) is 0 Å². The van der Waals surface area contributed by atoms with Gasteiger partial charge in [-0.1, -0.05) is 12.8 Å². The number of aliphatic hydroxyl groups is 1. The molecule has 1 fully saturated rings. The first kappa shape index (κ1) is 20.3. The number of aromatic hydroxyl groups is 1. The van der Waals surface area contributed by atoms with Gasteiger partial charge in [0.2, 0.25) is 5.88 Å². The molecule has 7 nitrogen and oxygen atoms in total. The molecular weight excluding hydrogens is 394 g/mol. The fourth-order valence-corrected chi connectivity index (χ4v) is 5.18. The molecule has 2 heterocycles. The van der Waals surface area contributed by atoms with Crippen LogP contribution in [0.1, 0.15) is 45.4 Å². The zero-order valence-corrected chi connectivity index (χ0v) is 17.8. The number of fused-ring (bicyclic) bond motifs is 1. The lowest BCUT2D eigenvalue weighted by molar-refractivity contribution is -0.0996. The summed E-state index contributed by atoms with van der Waals surface area (Å²) >= 11 is 0. The number of pyridine rings is 1. The van der Waals surface area contributed by atoms with Crippen molar-refractivity contribution in [2.45, 2.75) is 70.4 Å².